The Labute approximate surface area is 130 Å². The van der Waals surface area contributed by atoms with Gasteiger partial charge in [-0.15, -0.1) is 0 Å². The van der Waals surface area contributed by atoms with Gasteiger partial charge in [0.1, 0.15) is 0 Å². The summed E-state index contributed by atoms with van der Waals surface area (Å²) in [7, 11) is 0. The number of benzene rings is 1. The summed E-state index contributed by atoms with van der Waals surface area (Å²) < 4.78 is 0. The minimum Gasteiger partial charge on any atom is -0.309 e. The van der Waals surface area contributed by atoms with Gasteiger partial charge in [0.25, 0.3) is 0 Å². The first-order valence-corrected chi connectivity index (χ1v) is 8.38. The Morgan fingerprint density at radius 2 is 1.81 bits per heavy atom. The number of nitrogens with one attached hydrogen (secondary N) is 1. The Bertz CT molecular complexity index is 467. The van der Waals surface area contributed by atoms with E-state index >= 15 is 0 Å². The van der Waals surface area contributed by atoms with Crippen molar-refractivity contribution >= 4 is 0 Å². The standard InChI is InChI=1S/C19H32N2/c1-7-8-17-11-20-19(5,6)13-21(17)12-18-15(3)9-14(2)10-16(18)4/h9-10,17,20H,7-8,11-13H2,1-6H3. The third-order valence-corrected chi connectivity index (χ3v) is 4.75. The molecular formula is C19H32N2. The van der Waals surface area contributed by atoms with Crippen LogP contribution in [0.4, 0.5) is 0 Å². The summed E-state index contributed by atoms with van der Waals surface area (Å²) in [5.41, 5.74) is 6.01. The van der Waals surface area contributed by atoms with E-state index in [2.05, 4.69) is 63.9 Å². The van der Waals surface area contributed by atoms with Gasteiger partial charge < -0.3 is 5.32 Å². The zero-order valence-electron chi connectivity index (χ0n) is 14.7. The molecule has 1 fully saturated rings. The van der Waals surface area contributed by atoms with Gasteiger partial charge in [0.15, 0.2) is 0 Å². The third kappa shape index (κ3) is 4.08. The van der Waals surface area contributed by atoms with Crippen molar-refractivity contribution in [3.8, 4) is 0 Å². The van der Waals surface area contributed by atoms with Crippen LogP contribution in [-0.2, 0) is 6.54 Å². The average Bonchev–Trinajstić information content (AvgIpc) is 2.36. The van der Waals surface area contributed by atoms with Gasteiger partial charge in [-0.2, -0.15) is 0 Å². The minimum atomic E-state index is 0.219. The molecule has 1 aromatic rings. The van der Waals surface area contributed by atoms with E-state index < -0.39 is 0 Å². The van der Waals surface area contributed by atoms with Crippen molar-refractivity contribution in [2.45, 2.75) is 72.5 Å². The highest BCUT2D eigenvalue weighted by atomic mass is 15.2. The zero-order valence-corrected chi connectivity index (χ0v) is 14.7. The van der Waals surface area contributed by atoms with Gasteiger partial charge >= 0.3 is 0 Å². The van der Waals surface area contributed by atoms with Crippen molar-refractivity contribution < 1.29 is 0 Å². The molecule has 0 spiro atoms. The summed E-state index contributed by atoms with van der Waals surface area (Å²) in [4.78, 5) is 2.70. The predicted octanol–water partition coefficient (Wildman–Crippen LogP) is 3.96. The number of hydrogen-bond acceptors (Lipinski definition) is 2. The van der Waals surface area contributed by atoms with Crippen molar-refractivity contribution in [3.05, 3.63) is 34.4 Å². The van der Waals surface area contributed by atoms with Gasteiger partial charge in [0.05, 0.1) is 0 Å². The summed E-state index contributed by atoms with van der Waals surface area (Å²) in [5, 5.41) is 3.71. The van der Waals surface area contributed by atoms with E-state index in [9.17, 15) is 0 Å². The fraction of sp³-hybridized carbons (Fsp3) is 0.684. The fourth-order valence-electron chi connectivity index (χ4n) is 3.68. The Morgan fingerprint density at radius 1 is 1.19 bits per heavy atom. The van der Waals surface area contributed by atoms with E-state index in [1.165, 1.54) is 35.1 Å². The van der Waals surface area contributed by atoms with Crippen LogP contribution in [0.2, 0.25) is 0 Å². The smallest absolute Gasteiger partial charge is 0.0253 e. The molecule has 1 heterocycles. The normalized spacial score (nSPS) is 22.5. The molecule has 1 unspecified atom stereocenters. The van der Waals surface area contributed by atoms with Gasteiger partial charge in [-0.05, 0) is 57.7 Å². The van der Waals surface area contributed by atoms with Gasteiger partial charge in [0, 0.05) is 31.2 Å². The zero-order chi connectivity index (χ0) is 15.6. The Hall–Kier alpha value is -0.860. The van der Waals surface area contributed by atoms with Gasteiger partial charge in [-0.25, -0.2) is 0 Å². The second-order valence-electron chi connectivity index (χ2n) is 7.49. The molecule has 2 nitrogen and oxygen atoms in total. The number of rotatable bonds is 4. The highest BCUT2D eigenvalue weighted by Crippen LogP contribution is 2.24. The van der Waals surface area contributed by atoms with E-state index in [0.29, 0.717) is 6.04 Å². The molecule has 21 heavy (non-hydrogen) atoms. The first-order chi connectivity index (χ1) is 9.82. The van der Waals surface area contributed by atoms with Gasteiger partial charge in [0.2, 0.25) is 0 Å². The Morgan fingerprint density at radius 3 is 2.38 bits per heavy atom. The molecule has 1 aliphatic rings. The van der Waals surface area contributed by atoms with Crippen molar-refractivity contribution in [2.75, 3.05) is 13.1 Å². The van der Waals surface area contributed by atoms with E-state index in [1.807, 2.05) is 0 Å². The second-order valence-corrected chi connectivity index (χ2v) is 7.49. The van der Waals surface area contributed by atoms with Crippen LogP contribution in [0, 0.1) is 20.8 Å². The van der Waals surface area contributed by atoms with Crippen molar-refractivity contribution in [3.63, 3.8) is 0 Å². The molecule has 118 valence electrons. The lowest BCUT2D eigenvalue weighted by Crippen LogP contribution is -2.61. The number of hydrogen-bond donors (Lipinski definition) is 1. The van der Waals surface area contributed by atoms with Crippen LogP contribution in [-0.4, -0.2) is 29.6 Å². The van der Waals surface area contributed by atoms with E-state index in [4.69, 9.17) is 0 Å². The maximum atomic E-state index is 3.71. The van der Waals surface area contributed by atoms with Crippen LogP contribution < -0.4 is 5.32 Å². The van der Waals surface area contributed by atoms with Crippen LogP contribution in [0.25, 0.3) is 0 Å². The van der Waals surface area contributed by atoms with Gasteiger partial charge in [-0.3, -0.25) is 4.90 Å². The molecule has 0 radical (unpaired) electrons. The summed E-state index contributed by atoms with van der Waals surface area (Å²) in [6, 6.07) is 5.32. The molecule has 0 aromatic heterocycles. The molecule has 1 atom stereocenters. The lowest BCUT2D eigenvalue weighted by Gasteiger charge is -2.45. The molecule has 0 saturated carbocycles. The molecule has 0 aliphatic carbocycles. The molecule has 0 bridgehead atoms. The van der Waals surface area contributed by atoms with Crippen LogP contribution in [0.3, 0.4) is 0 Å². The highest BCUT2D eigenvalue weighted by Gasteiger charge is 2.32. The van der Waals surface area contributed by atoms with Gasteiger partial charge in [-0.1, -0.05) is 31.0 Å². The van der Waals surface area contributed by atoms with Crippen LogP contribution in [0.15, 0.2) is 12.1 Å². The first-order valence-electron chi connectivity index (χ1n) is 8.38. The van der Waals surface area contributed by atoms with Crippen molar-refractivity contribution in [1.82, 2.24) is 10.2 Å². The van der Waals surface area contributed by atoms with E-state index in [0.717, 1.165) is 19.6 Å². The fourth-order valence-corrected chi connectivity index (χ4v) is 3.68. The van der Waals surface area contributed by atoms with E-state index in [1.54, 1.807) is 0 Å². The molecule has 2 rings (SSSR count). The maximum absolute atomic E-state index is 3.71. The third-order valence-electron chi connectivity index (χ3n) is 4.75. The van der Waals surface area contributed by atoms with Crippen LogP contribution >= 0.6 is 0 Å². The molecule has 1 aliphatic heterocycles. The number of piperazine rings is 1. The molecule has 1 N–H and O–H groups in total. The van der Waals surface area contributed by atoms with Crippen molar-refractivity contribution in [1.29, 1.82) is 0 Å². The van der Waals surface area contributed by atoms with Crippen LogP contribution in [0.1, 0.15) is 55.9 Å². The molecular weight excluding hydrogens is 256 g/mol. The Balaban J connectivity index is 2.22. The molecule has 1 saturated heterocycles. The number of aryl methyl sites for hydroxylation is 3. The topological polar surface area (TPSA) is 15.3 Å². The first kappa shape index (κ1) is 16.5. The average molecular weight is 288 g/mol. The predicted molar refractivity (Wildman–Crippen MR) is 91.8 cm³/mol. The van der Waals surface area contributed by atoms with Crippen LogP contribution in [0.5, 0.6) is 0 Å². The lowest BCUT2D eigenvalue weighted by atomic mass is 9.94. The Kier molecular flexibility index (Phi) is 5.11. The second kappa shape index (κ2) is 6.50. The summed E-state index contributed by atoms with van der Waals surface area (Å²) in [5.74, 6) is 0. The lowest BCUT2D eigenvalue weighted by molar-refractivity contribution is 0.0823. The molecule has 2 heteroatoms. The summed E-state index contributed by atoms with van der Waals surface area (Å²) in [6.45, 7) is 17.0. The monoisotopic (exact) mass is 288 g/mol. The number of nitrogens with zero attached hydrogens (tertiary/aromatic N) is 1. The largest absolute Gasteiger partial charge is 0.309 e. The SMILES string of the molecule is CCCC1CNC(C)(C)CN1Cc1c(C)cc(C)cc1C. The summed E-state index contributed by atoms with van der Waals surface area (Å²) in [6.07, 6.45) is 2.54. The molecule has 1 aromatic carbocycles. The maximum Gasteiger partial charge on any atom is 0.0253 e. The quantitative estimate of drug-likeness (QED) is 0.902. The minimum absolute atomic E-state index is 0.219. The van der Waals surface area contributed by atoms with Crippen molar-refractivity contribution in [2.24, 2.45) is 0 Å². The molecule has 0 amide bonds. The summed E-state index contributed by atoms with van der Waals surface area (Å²) >= 11 is 0. The van der Waals surface area contributed by atoms with E-state index in [-0.39, 0.29) is 5.54 Å². The highest BCUT2D eigenvalue weighted by molar-refractivity contribution is 5.37.